The Morgan fingerprint density at radius 2 is 2.05 bits per heavy atom. The summed E-state index contributed by atoms with van der Waals surface area (Å²) in [5.74, 6) is -1.40. The highest BCUT2D eigenvalue weighted by Gasteiger charge is 2.41. The van der Waals surface area contributed by atoms with E-state index in [0.29, 0.717) is 51.3 Å². The molecule has 1 aromatic rings. The average molecular weight is 521 g/mol. The van der Waals surface area contributed by atoms with Gasteiger partial charge in [-0.2, -0.15) is 0 Å². The first-order valence-corrected chi connectivity index (χ1v) is 12.9. The number of carbonyl (C=O) groups excluding carboxylic acids is 2. The molecule has 13 heteroatoms. The third kappa shape index (κ3) is 6.22. The molecule has 4 unspecified atom stereocenters. The van der Waals surface area contributed by atoms with Crippen molar-refractivity contribution in [1.82, 2.24) is 20.1 Å². The lowest BCUT2D eigenvalue weighted by atomic mass is 9.93. The molecule has 3 saturated heterocycles. The average Bonchev–Trinajstić information content (AvgIpc) is 2.87. The summed E-state index contributed by atoms with van der Waals surface area (Å²) in [5.41, 5.74) is 7.17. The second kappa shape index (κ2) is 12.2. The lowest BCUT2D eigenvalue weighted by molar-refractivity contribution is -0.149. The van der Waals surface area contributed by atoms with E-state index in [1.54, 1.807) is 24.3 Å². The van der Waals surface area contributed by atoms with Crippen LogP contribution in [-0.2, 0) is 14.3 Å². The highest BCUT2D eigenvalue weighted by Crippen LogP contribution is 2.31. The van der Waals surface area contributed by atoms with Gasteiger partial charge >= 0.3 is 0 Å². The molecule has 204 valence electrons. The van der Waals surface area contributed by atoms with Crippen molar-refractivity contribution in [2.75, 3.05) is 63.1 Å². The second-order valence-corrected chi connectivity index (χ2v) is 9.98. The number of piperidine rings is 1. The Morgan fingerprint density at radius 1 is 1.32 bits per heavy atom. The maximum Gasteiger partial charge on any atom is 0.234 e. The molecule has 3 fully saturated rings. The summed E-state index contributed by atoms with van der Waals surface area (Å²) in [6, 6.07) is 1.81. The van der Waals surface area contributed by atoms with E-state index in [4.69, 9.17) is 10.5 Å². The molecule has 3 aliphatic heterocycles. The fourth-order valence-corrected chi connectivity index (χ4v) is 5.41. The minimum Gasteiger partial charge on any atom is -0.375 e. The molecule has 4 atom stereocenters. The lowest BCUT2D eigenvalue weighted by Gasteiger charge is -2.42. The van der Waals surface area contributed by atoms with Crippen molar-refractivity contribution in [2.24, 2.45) is 22.7 Å². The van der Waals surface area contributed by atoms with Gasteiger partial charge in [-0.3, -0.25) is 24.8 Å². The number of amides is 2. The van der Waals surface area contributed by atoms with Gasteiger partial charge in [-0.25, -0.2) is 4.39 Å². The minimum atomic E-state index is -1.32. The summed E-state index contributed by atoms with van der Waals surface area (Å²) in [6.45, 7) is 5.39. The Labute approximate surface area is 216 Å². The first-order chi connectivity index (χ1) is 17.8. The molecule has 12 nitrogen and oxygen atoms in total. The SMILES string of the molecule is CCOC1CN(C(=O)C2CCN(c3ccncc3NC(=O)C(C(N)N=O)C3NCC(F)CN3C)CC2)C1. The van der Waals surface area contributed by atoms with Crippen LogP contribution in [0.3, 0.4) is 0 Å². The maximum absolute atomic E-state index is 13.8. The number of alkyl halides is 1. The van der Waals surface area contributed by atoms with Gasteiger partial charge in [0, 0.05) is 58.0 Å². The molecular formula is C24H37FN8O4. The lowest BCUT2D eigenvalue weighted by Crippen LogP contribution is -2.62. The molecule has 37 heavy (non-hydrogen) atoms. The number of ether oxygens (including phenoxy) is 1. The molecule has 0 radical (unpaired) electrons. The van der Waals surface area contributed by atoms with Crippen molar-refractivity contribution in [3.05, 3.63) is 23.4 Å². The first kappa shape index (κ1) is 27.3. The molecule has 2 amide bonds. The van der Waals surface area contributed by atoms with Gasteiger partial charge in [0.1, 0.15) is 12.1 Å². The monoisotopic (exact) mass is 520 g/mol. The van der Waals surface area contributed by atoms with Gasteiger partial charge in [-0.1, -0.05) is 5.18 Å². The molecule has 0 saturated carbocycles. The molecule has 1 aromatic heterocycles. The van der Waals surface area contributed by atoms with Gasteiger partial charge in [-0.05, 0) is 32.9 Å². The van der Waals surface area contributed by atoms with E-state index in [2.05, 4.69) is 25.7 Å². The Hall–Kier alpha value is -2.74. The van der Waals surface area contributed by atoms with Crippen molar-refractivity contribution in [2.45, 2.75) is 44.4 Å². The molecule has 0 aromatic carbocycles. The van der Waals surface area contributed by atoms with Gasteiger partial charge in [0.25, 0.3) is 0 Å². The summed E-state index contributed by atoms with van der Waals surface area (Å²) in [4.78, 5) is 47.3. The summed E-state index contributed by atoms with van der Waals surface area (Å²) in [7, 11) is 1.67. The number of hydrogen-bond acceptors (Lipinski definition) is 10. The number of hydrogen-bond donors (Lipinski definition) is 3. The topological polar surface area (TPSA) is 145 Å². The summed E-state index contributed by atoms with van der Waals surface area (Å²) >= 11 is 0. The normalized spacial score (nSPS) is 25.3. The number of rotatable bonds is 9. The number of aromatic nitrogens is 1. The zero-order valence-electron chi connectivity index (χ0n) is 21.4. The van der Waals surface area contributed by atoms with Crippen LogP contribution in [-0.4, -0.2) is 104 Å². The van der Waals surface area contributed by atoms with Crippen molar-refractivity contribution >= 4 is 23.2 Å². The number of anilines is 2. The fourth-order valence-electron chi connectivity index (χ4n) is 5.41. The van der Waals surface area contributed by atoms with E-state index in [9.17, 15) is 18.9 Å². The number of halogens is 1. The van der Waals surface area contributed by atoms with Crippen LogP contribution in [0.4, 0.5) is 15.8 Å². The smallest absolute Gasteiger partial charge is 0.234 e. The van der Waals surface area contributed by atoms with Crippen molar-refractivity contribution in [3.63, 3.8) is 0 Å². The highest BCUT2D eigenvalue weighted by molar-refractivity contribution is 5.96. The predicted molar refractivity (Wildman–Crippen MR) is 136 cm³/mol. The number of nitrogens with zero attached hydrogens (tertiary/aromatic N) is 5. The fraction of sp³-hybridized carbons (Fsp3) is 0.708. The largest absolute Gasteiger partial charge is 0.375 e. The van der Waals surface area contributed by atoms with Crippen LogP contribution in [0.1, 0.15) is 19.8 Å². The standard InChI is InChI=1S/C24H37FN8O4/c1-3-37-17-13-33(14-17)24(35)15-5-8-32(9-6-15)19-4-7-27-11-18(19)29-23(34)20(21(26)30-36)22-28-10-16(25)12-31(22)2/h4,7,11,15-17,20-22,28H,3,5-6,8-10,12-14,26H2,1-2H3,(H,29,34). The molecule has 4 N–H and O–H groups in total. The maximum atomic E-state index is 13.8. The molecule has 0 aliphatic carbocycles. The number of pyridine rings is 1. The van der Waals surface area contributed by atoms with E-state index in [-0.39, 0.29) is 31.0 Å². The number of carbonyl (C=O) groups is 2. The summed E-state index contributed by atoms with van der Waals surface area (Å²) < 4.78 is 19.3. The minimum absolute atomic E-state index is 0.0352. The third-order valence-corrected chi connectivity index (χ3v) is 7.44. The third-order valence-electron chi connectivity index (χ3n) is 7.44. The van der Waals surface area contributed by atoms with Crippen LogP contribution in [0.25, 0.3) is 0 Å². The highest BCUT2D eigenvalue weighted by atomic mass is 19.1. The van der Waals surface area contributed by atoms with Crippen molar-refractivity contribution in [1.29, 1.82) is 0 Å². The van der Waals surface area contributed by atoms with E-state index in [1.807, 2.05) is 17.9 Å². The number of nitrogens with one attached hydrogen (secondary N) is 2. The summed E-state index contributed by atoms with van der Waals surface area (Å²) in [5, 5.41) is 8.73. The van der Waals surface area contributed by atoms with Crippen LogP contribution in [0.2, 0.25) is 0 Å². The van der Waals surface area contributed by atoms with Crippen LogP contribution in [0, 0.1) is 16.7 Å². The molecule has 0 bridgehead atoms. The molecular weight excluding hydrogens is 483 g/mol. The van der Waals surface area contributed by atoms with E-state index in [0.717, 1.165) is 5.69 Å². The molecule has 0 spiro atoms. The Bertz CT molecular complexity index is 956. The van der Waals surface area contributed by atoms with Crippen LogP contribution < -0.4 is 21.3 Å². The number of nitroso groups, excluding NO2 is 1. The van der Waals surface area contributed by atoms with Crippen molar-refractivity contribution in [3.8, 4) is 0 Å². The Morgan fingerprint density at radius 3 is 2.70 bits per heavy atom. The van der Waals surface area contributed by atoms with Crippen molar-refractivity contribution < 1.29 is 18.7 Å². The van der Waals surface area contributed by atoms with Crippen LogP contribution in [0.5, 0.6) is 0 Å². The molecule has 4 rings (SSSR count). The Kier molecular flexibility index (Phi) is 9.00. The van der Waals surface area contributed by atoms with Gasteiger partial charge in [0.05, 0.1) is 29.8 Å². The van der Waals surface area contributed by atoms with Gasteiger partial charge in [-0.15, -0.1) is 4.91 Å². The first-order valence-electron chi connectivity index (χ1n) is 12.9. The number of nitrogens with two attached hydrogens (primary N) is 1. The van der Waals surface area contributed by atoms with Gasteiger partial charge in [0.2, 0.25) is 11.8 Å². The van der Waals surface area contributed by atoms with E-state index in [1.165, 1.54) is 0 Å². The van der Waals surface area contributed by atoms with Crippen LogP contribution >= 0.6 is 0 Å². The molecule has 3 aliphatic rings. The van der Waals surface area contributed by atoms with Gasteiger partial charge in [0.15, 0.2) is 6.17 Å². The summed E-state index contributed by atoms with van der Waals surface area (Å²) in [6.07, 6.45) is 1.69. The number of likely N-dealkylation sites (tertiary alicyclic amines) is 1. The van der Waals surface area contributed by atoms with Crippen LogP contribution in [0.15, 0.2) is 23.6 Å². The quantitative estimate of drug-likeness (QED) is 0.393. The van der Waals surface area contributed by atoms with E-state index < -0.39 is 30.3 Å². The zero-order valence-corrected chi connectivity index (χ0v) is 21.4. The molecule has 4 heterocycles. The second-order valence-electron chi connectivity index (χ2n) is 9.98. The van der Waals surface area contributed by atoms with Gasteiger partial charge < -0.3 is 25.6 Å². The van der Waals surface area contributed by atoms with E-state index >= 15 is 0 Å². The zero-order chi connectivity index (χ0) is 26.5. The predicted octanol–water partition coefficient (Wildman–Crippen LogP) is 0.350. The Balaban J connectivity index is 1.39.